The lowest BCUT2D eigenvalue weighted by Gasteiger charge is -2.04. The molecule has 6 heteroatoms. The van der Waals surface area contributed by atoms with Gasteiger partial charge >= 0.3 is 0 Å². The minimum absolute atomic E-state index is 0.341. The monoisotopic (exact) mass is 223 g/mol. The molecule has 0 aliphatic rings. The molecule has 0 saturated heterocycles. The third-order valence-electron chi connectivity index (χ3n) is 1.97. The zero-order valence-corrected chi connectivity index (χ0v) is 9.02. The van der Waals surface area contributed by atoms with Crippen LogP contribution in [0.25, 0.3) is 5.69 Å². The van der Waals surface area contributed by atoms with Crippen LogP contribution in [0, 0.1) is 0 Å². The Labute approximate surface area is 92.2 Å². The molecule has 0 bridgehead atoms. The Hall–Kier alpha value is -1.49. The summed E-state index contributed by atoms with van der Waals surface area (Å²) in [6, 6.07) is 0. The van der Waals surface area contributed by atoms with Crippen molar-refractivity contribution in [2.45, 2.75) is 19.8 Å². The van der Waals surface area contributed by atoms with Crippen molar-refractivity contribution in [3.8, 4) is 5.69 Å². The van der Waals surface area contributed by atoms with Crippen LogP contribution in [0.1, 0.15) is 19.2 Å². The van der Waals surface area contributed by atoms with Crippen molar-refractivity contribution in [2.24, 2.45) is 0 Å². The summed E-state index contributed by atoms with van der Waals surface area (Å²) in [5, 5.41) is 8.18. The number of aryl methyl sites for hydroxylation is 1. The SMILES string of the molecule is CCCc1nnc(Cl)n1-c1cncnc1. The van der Waals surface area contributed by atoms with Gasteiger partial charge in [0.1, 0.15) is 12.2 Å². The van der Waals surface area contributed by atoms with Gasteiger partial charge in [-0.15, -0.1) is 10.2 Å². The maximum atomic E-state index is 5.95. The molecule has 5 nitrogen and oxygen atoms in total. The Morgan fingerprint density at radius 2 is 2.00 bits per heavy atom. The third-order valence-corrected chi connectivity index (χ3v) is 2.21. The molecular formula is C9H10ClN5. The average Bonchev–Trinajstić information content (AvgIpc) is 2.62. The lowest BCUT2D eigenvalue weighted by molar-refractivity contribution is 0.799. The number of hydrogen-bond acceptors (Lipinski definition) is 4. The highest BCUT2D eigenvalue weighted by atomic mass is 35.5. The smallest absolute Gasteiger partial charge is 0.229 e. The zero-order chi connectivity index (χ0) is 10.7. The molecule has 0 saturated carbocycles. The van der Waals surface area contributed by atoms with Gasteiger partial charge in [0.05, 0.1) is 18.1 Å². The van der Waals surface area contributed by atoms with Gasteiger partial charge in [-0.1, -0.05) is 6.92 Å². The standard InChI is InChI=1S/C9H10ClN5/c1-2-3-8-13-14-9(10)15(8)7-4-11-6-12-5-7/h4-6H,2-3H2,1H3. The number of rotatable bonds is 3. The van der Waals surface area contributed by atoms with E-state index >= 15 is 0 Å². The summed E-state index contributed by atoms with van der Waals surface area (Å²) >= 11 is 5.95. The minimum Gasteiger partial charge on any atom is -0.267 e. The fourth-order valence-electron chi connectivity index (χ4n) is 1.34. The van der Waals surface area contributed by atoms with Gasteiger partial charge in [-0.25, -0.2) is 9.97 Å². The van der Waals surface area contributed by atoms with E-state index in [1.807, 2.05) is 0 Å². The summed E-state index contributed by atoms with van der Waals surface area (Å²) in [5.74, 6) is 0.831. The van der Waals surface area contributed by atoms with Crippen LogP contribution in [0.15, 0.2) is 18.7 Å². The summed E-state index contributed by atoms with van der Waals surface area (Å²) in [6.45, 7) is 2.08. The first-order valence-electron chi connectivity index (χ1n) is 4.68. The molecule has 78 valence electrons. The van der Waals surface area contributed by atoms with E-state index in [2.05, 4.69) is 27.1 Å². The largest absolute Gasteiger partial charge is 0.267 e. The predicted octanol–water partition coefficient (Wildman–Crippen LogP) is 1.66. The summed E-state index contributed by atoms with van der Waals surface area (Å²) in [5.41, 5.74) is 0.788. The first-order chi connectivity index (χ1) is 7.33. The Bertz CT molecular complexity index is 439. The molecular weight excluding hydrogens is 214 g/mol. The van der Waals surface area contributed by atoms with Gasteiger partial charge in [-0.3, -0.25) is 4.57 Å². The van der Waals surface area contributed by atoms with Crippen LogP contribution in [-0.4, -0.2) is 24.7 Å². The Kier molecular flexibility index (Phi) is 2.91. The summed E-state index contributed by atoms with van der Waals surface area (Å²) in [6.07, 6.45) is 6.65. The zero-order valence-electron chi connectivity index (χ0n) is 8.26. The molecule has 0 aromatic carbocycles. The third kappa shape index (κ3) is 1.97. The molecule has 0 radical (unpaired) electrons. The van der Waals surface area contributed by atoms with E-state index in [-0.39, 0.29) is 0 Å². The highest BCUT2D eigenvalue weighted by molar-refractivity contribution is 6.28. The number of nitrogens with zero attached hydrogens (tertiary/aromatic N) is 5. The first kappa shape index (κ1) is 10.0. The molecule has 0 N–H and O–H groups in total. The van der Waals surface area contributed by atoms with Gasteiger partial charge in [0.2, 0.25) is 5.28 Å². The second-order valence-electron chi connectivity index (χ2n) is 3.07. The molecule has 0 spiro atoms. The lowest BCUT2D eigenvalue weighted by Crippen LogP contribution is -2.02. The van der Waals surface area contributed by atoms with Crippen molar-refractivity contribution in [3.05, 3.63) is 29.8 Å². The van der Waals surface area contributed by atoms with E-state index in [0.29, 0.717) is 5.28 Å². The van der Waals surface area contributed by atoms with Gasteiger partial charge in [0.25, 0.3) is 0 Å². The first-order valence-corrected chi connectivity index (χ1v) is 5.06. The molecule has 0 unspecified atom stereocenters. The van der Waals surface area contributed by atoms with Crippen molar-refractivity contribution < 1.29 is 0 Å². The van der Waals surface area contributed by atoms with Crippen LogP contribution in [0.5, 0.6) is 0 Å². The molecule has 2 aromatic heterocycles. The van der Waals surface area contributed by atoms with Gasteiger partial charge in [-0.2, -0.15) is 0 Å². The van der Waals surface area contributed by atoms with Crippen molar-refractivity contribution >= 4 is 11.6 Å². The van der Waals surface area contributed by atoms with Gasteiger partial charge in [-0.05, 0) is 18.0 Å². The normalized spacial score (nSPS) is 10.5. The molecule has 2 heterocycles. The second kappa shape index (κ2) is 4.35. The van der Waals surface area contributed by atoms with Gasteiger partial charge in [0.15, 0.2) is 0 Å². The minimum atomic E-state index is 0.341. The van der Waals surface area contributed by atoms with Crippen LogP contribution < -0.4 is 0 Å². The van der Waals surface area contributed by atoms with E-state index in [1.54, 1.807) is 17.0 Å². The average molecular weight is 224 g/mol. The summed E-state index contributed by atoms with van der Waals surface area (Å²) < 4.78 is 1.76. The maximum absolute atomic E-state index is 5.95. The Morgan fingerprint density at radius 1 is 1.27 bits per heavy atom. The number of hydrogen-bond donors (Lipinski definition) is 0. The van der Waals surface area contributed by atoms with Crippen molar-refractivity contribution in [1.82, 2.24) is 24.7 Å². The fraction of sp³-hybridized carbons (Fsp3) is 0.333. The van der Waals surface area contributed by atoms with Crippen LogP contribution in [-0.2, 0) is 6.42 Å². The maximum Gasteiger partial charge on any atom is 0.229 e. The molecule has 0 fully saturated rings. The van der Waals surface area contributed by atoms with E-state index < -0.39 is 0 Å². The number of aromatic nitrogens is 5. The quantitative estimate of drug-likeness (QED) is 0.794. The second-order valence-corrected chi connectivity index (χ2v) is 3.41. The van der Waals surface area contributed by atoms with Crippen LogP contribution in [0.4, 0.5) is 0 Å². The molecule has 2 aromatic rings. The fourth-order valence-corrected chi connectivity index (χ4v) is 1.58. The van der Waals surface area contributed by atoms with Crippen LogP contribution in [0.3, 0.4) is 0 Å². The van der Waals surface area contributed by atoms with Crippen molar-refractivity contribution in [1.29, 1.82) is 0 Å². The van der Waals surface area contributed by atoms with E-state index in [0.717, 1.165) is 24.4 Å². The topological polar surface area (TPSA) is 56.5 Å². The highest BCUT2D eigenvalue weighted by Crippen LogP contribution is 2.15. The summed E-state index contributed by atoms with van der Waals surface area (Å²) in [7, 11) is 0. The van der Waals surface area contributed by atoms with Gasteiger partial charge in [0, 0.05) is 6.42 Å². The van der Waals surface area contributed by atoms with Crippen LogP contribution in [0.2, 0.25) is 5.28 Å². The molecule has 0 aliphatic heterocycles. The Morgan fingerprint density at radius 3 is 2.67 bits per heavy atom. The lowest BCUT2D eigenvalue weighted by atomic mass is 10.3. The summed E-state index contributed by atoms with van der Waals surface area (Å²) in [4.78, 5) is 7.87. The molecule has 15 heavy (non-hydrogen) atoms. The number of halogens is 1. The molecule has 2 rings (SSSR count). The van der Waals surface area contributed by atoms with E-state index in [9.17, 15) is 0 Å². The molecule has 0 amide bonds. The van der Waals surface area contributed by atoms with Crippen LogP contribution >= 0.6 is 11.6 Å². The van der Waals surface area contributed by atoms with Crippen molar-refractivity contribution in [2.75, 3.05) is 0 Å². The van der Waals surface area contributed by atoms with Gasteiger partial charge < -0.3 is 0 Å². The molecule has 0 aliphatic carbocycles. The highest BCUT2D eigenvalue weighted by Gasteiger charge is 2.11. The van der Waals surface area contributed by atoms with Crippen molar-refractivity contribution in [3.63, 3.8) is 0 Å². The Balaban J connectivity index is 2.47. The molecule has 0 atom stereocenters. The predicted molar refractivity (Wildman–Crippen MR) is 56.0 cm³/mol. The van der Waals surface area contributed by atoms with E-state index in [4.69, 9.17) is 11.6 Å². The van der Waals surface area contributed by atoms with E-state index in [1.165, 1.54) is 6.33 Å².